The van der Waals surface area contributed by atoms with Crippen molar-refractivity contribution in [1.29, 1.82) is 0 Å². The molecule has 1 aliphatic heterocycles. The zero-order valence-electron chi connectivity index (χ0n) is 18.3. The summed E-state index contributed by atoms with van der Waals surface area (Å²) in [7, 11) is 0. The summed E-state index contributed by atoms with van der Waals surface area (Å²) in [4.78, 5) is 21.3. The second kappa shape index (κ2) is 8.79. The van der Waals surface area contributed by atoms with Gasteiger partial charge in [0.1, 0.15) is 11.1 Å². The van der Waals surface area contributed by atoms with Gasteiger partial charge in [-0.2, -0.15) is 0 Å². The summed E-state index contributed by atoms with van der Waals surface area (Å²) < 4.78 is 8.49. The Morgan fingerprint density at radius 2 is 1.97 bits per heavy atom. The number of thioether (sulfide) groups is 1. The third-order valence-corrected chi connectivity index (χ3v) is 7.39. The van der Waals surface area contributed by atoms with Crippen LogP contribution < -0.4 is 11.5 Å². The molecule has 2 aromatic heterocycles. The number of hydrogen-bond donors (Lipinski definition) is 2. The van der Waals surface area contributed by atoms with Crippen LogP contribution in [0.2, 0.25) is 5.02 Å². The van der Waals surface area contributed by atoms with Gasteiger partial charge in [-0.25, -0.2) is 9.97 Å². The van der Waals surface area contributed by atoms with E-state index in [4.69, 9.17) is 27.8 Å². The summed E-state index contributed by atoms with van der Waals surface area (Å²) in [6, 6.07) is 17.1. The molecule has 9 heteroatoms. The summed E-state index contributed by atoms with van der Waals surface area (Å²) in [6.45, 7) is 1.91. The van der Waals surface area contributed by atoms with Gasteiger partial charge in [0, 0.05) is 16.8 Å². The quantitative estimate of drug-likeness (QED) is 0.398. The van der Waals surface area contributed by atoms with E-state index < -0.39 is 23.0 Å². The van der Waals surface area contributed by atoms with Crippen LogP contribution in [-0.4, -0.2) is 25.7 Å². The van der Waals surface area contributed by atoms with Gasteiger partial charge < -0.3 is 16.2 Å². The first-order chi connectivity index (χ1) is 16.4. The van der Waals surface area contributed by atoms with E-state index in [0.717, 1.165) is 27.7 Å². The average Bonchev–Trinajstić information content (AvgIpc) is 3.44. The number of rotatable bonds is 6. The third-order valence-electron chi connectivity index (χ3n) is 5.91. The fraction of sp³-hybridized carbons (Fsp3) is 0.160. The summed E-state index contributed by atoms with van der Waals surface area (Å²) in [5.41, 5.74) is 14.6. The SMILES string of the molecule is C[C@@H](OC1(n2cnc3cc(-c4ccc(N)nc4)ccc32)C=CSC1C(N)=O)c1ccccc1Cl. The first kappa shape index (κ1) is 22.5. The maximum absolute atomic E-state index is 12.5. The van der Waals surface area contributed by atoms with Crippen molar-refractivity contribution in [3.63, 3.8) is 0 Å². The van der Waals surface area contributed by atoms with Gasteiger partial charge in [-0.1, -0.05) is 35.9 Å². The second-order valence-electron chi connectivity index (χ2n) is 8.04. The average molecular weight is 492 g/mol. The molecule has 3 atom stereocenters. The fourth-order valence-electron chi connectivity index (χ4n) is 4.23. The minimum atomic E-state index is -1.17. The Morgan fingerprint density at radius 1 is 1.18 bits per heavy atom. The predicted octanol–water partition coefficient (Wildman–Crippen LogP) is 4.88. The highest BCUT2D eigenvalue weighted by Crippen LogP contribution is 2.45. The highest BCUT2D eigenvalue weighted by atomic mass is 35.5. The smallest absolute Gasteiger partial charge is 0.236 e. The number of ether oxygens (including phenoxy) is 1. The van der Waals surface area contributed by atoms with Gasteiger partial charge in [-0.15, -0.1) is 11.8 Å². The van der Waals surface area contributed by atoms with Crippen LogP contribution in [0.3, 0.4) is 0 Å². The number of benzene rings is 2. The summed E-state index contributed by atoms with van der Waals surface area (Å²) in [5, 5.41) is 1.75. The van der Waals surface area contributed by atoms with Gasteiger partial charge in [0.05, 0.1) is 23.5 Å². The molecule has 5 rings (SSSR count). The molecular weight excluding hydrogens is 470 g/mol. The van der Waals surface area contributed by atoms with Crippen molar-refractivity contribution in [2.75, 3.05) is 5.73 Å². The lowest BCUT2D eigenvalue weighted by Crippen LogP contribution is -2.48. The molecule has 3 heterocycles. The van der Waals surface area contributed by atoms with Crippen LogP contribution in [0, 0.1) is 0 Å². The lowest BCUT2D eigenvalue weighted by atomic mass is 10.0. The Morgan fingerprint density at radius 3 is 2.71 bits per heavy atom. The Hall–Kier alpha value is -3.33. The van der Waals surface area contributed by atoms with Crippen LogP contribution in [-0.2, 0) is 15.3 Å². The fourth-order valence-corrected chi connectivity index (χ4v) is 5.53. The van der Waals surface area contributed by atoms with Gasteiger partial charge in [0.25, 0.3) is 0 Å². The van der Waals surface area contributed by atoms with Crippen molar-refractivity contribution < 1.29 is 9.53 Å². The Kier molecular flexibility index (Phi) is 5.81. The number of aromatic nitrogens is 3. The van der Waals surface area contributed by atoms with Crippen LogP contribution in [0.25, 0.3) is 22.2 Å². The number of anilines is 1. The van der Waals surface area contributed by atoms with Crippen molar-refractivity contribution in [1.82, 2.24) is 14.5 Å². The van der Waals surface area contributed by atoms with Crippen LogP contribution in [0.5, 0.6) is 0 Å². The number of amides is 1. The number of halogens is 1. The molecule has 0 aliphatic carbocycles. The first-order valence-corrected chi connectivity index (χ1v) is 12.0. The number of imidazole rings is 1. The van der Waals surface area contributed by atoms with Crippen molar-refractivity contribution in [3.8, 4) is 11.1 Å². The summed E-state index contributed by atoms with van der Waals surface area (Å²) in [6.07, 6.45) is 4.85. The van der Waals surface area contributed by atoms with Crippen molar-refractivity contribution in [2.24, 2.45) is 5.73 Å². The summed E-state index contributed by atoms with van der Waals surface area (Å²) in [5.74, 6) is -0.0170. The molecule has 172 valence electrons. The molecule has 0 fully saturated rings. The summed E-state index contributed by atoms with van der Waals surface area (Å²) >= 11 is 7.75. The van der Waals surface area contributed by atoms with Crippen molar-refractivity contribution in [2.45, 2.75) is 24.0 Å². The molecule has 7 nitrogen and oxygen atoms in total. The normalized spacial score (nSPS) is 20.6. The van der Waals surface area contributed by atoms with Gasteiger partial charge in [0.2, 0.25) is 5.91 Å². The van der Waals surface area contributed by atoms with E-state index in [-0.39, 0.29) is 0 Å². The number of hydrogen-bond acceptors (Lipinski definition) is 6. The standard InChI is InChI=1S/C25H22ClN5O2S/c1-15(18-4-2-3-5-19(18)26)33-25(10-11-34-23(25)24(28)32)31-14-30-20-12-16(6-8-21(20)31)17-7-9-22(27)29-13-17/h2-15,23H,1H3,(H2,27,29)(H2,28,32)/t15-,23?,25?/m1/s1. The lowest BCUT2D eigenvalue weighted by Gasteiger charge is -2.37. The second-order valence-corrected chi connectivity index (χ2v) is 9.47. The van der Waals surface area contributed by atoms with Crippen LogP contribution in [0.15, 0.2) is 78.6 Å². The van der Waals surface area contributed by atoms with E-state index >= 15 is 0 Å². The van der Waals surface area contributed by atoms with Crippen LogP contribution >= 0.6 is 23.4 Å². The van der Waals surface area contributed by atoms with Gasteiger partial charge in [-0.3, -0.25) is 9.36 Å². The van der Waals surface area contributed by atoms with E-state index in [1.165, 1.54) is 11.8 Å². The van der Waals surface area contributed by atoms with Gasteiger partial charge in [-0.05, 0) is 59.9 Å². The minimum Gasteiger partial charge on any atom is -0.384 e. The van der Waals surface area contributed by atoms with Crippen molar-refractivity contribution >= 4 is 46.1 Å². The Bertz CT molecular complexity index is 1400. The van der Waals surface area contributed by atoms with Gasteiger partial charge in [0.15, 0.2) is 5.72 Å². The molecular formula is C25H22ClN5O2S. The Labute approximate surface area is 205 Å². The van der Waals surface area contributed by atoms with E-state index in [2.05, 4.69) is 9.97 Å². The molecule has 1 aliphatic rings. The largest absolute Gasteiger partial charge is 0.384 e. The van der Waals surface area contributed by atoms with E-state index in [9.17, 15) is 4.79 Å². The molecule has 2 unspecified atom stereocenters. The molecule has 0 spiro atoms. The molecule has 4 N–H and O–H groups in total. The number of nitrogens with two attached hydrogens (primary N) is 2. The first-order valence-electron chi connectivity index (χ1n) is 10.6. The maximum atomic E-state index is 12.5. The Balaban J connectivity index is 1.60. The van der Waals surface area contributed by atoms with E-state index in [1.807, 2.05) is 71.5 Å². The number of primary amides is 1. The molecule has 0 saturated heterocycles. The monoisotopic (exact) mass is 491 g/mol. The van der Waals surface area contributed by atoms with Crippen LogP contribution in [0.4, 0.5) is 5.82 Å². The number of nitrogen functional groups attached to an aromatic ring is 1. The molecule has 2 aromatic carbocycles. The topological polar surface area (TPSA) is 109 Å². The molecule has 34 heavy (non-hydrogen) atoms. The van der Waals surface area contributed by atoms with E-state index in [0.29, 0.717) is 10.8 Å². The lowest BCUT2D eigenvalue weighted by molar-refractivity contribution is -0.135. The number of nitrogens with zero attached hydrogens (tertiary/aromatic N) is 3. The molecule has 0 saturated carbocycles. The highest BCUT2D eigenvalue weighted by molar-refractivity contribution is 8.03. The predicted molar refractivity (Wildman–Crippen MR) is 136 cm³/mol. The molecule has 0 bridgehead atoms. The number of fused-ring (bicyclic) bond motifs is 1. The van der Waals surface area contributed by atoms with Crippen molar-refractivity contribution in [3.05, 3.63) is 89.2 Å². The third kappa shape index (κ3) is 3.83. The zero-order chi connectivity index (χ0) is 23.9. The minimum absolute atomic E-state index is 0.420. The maximum Gasteiger partial charge on any atom is 0.236 e. The van der Waals surface area contributed by atoms with Gasteiger partial charge >= 0.3 is 0 Å². The number of pyridine rings is 1. The zero-order valence-corrected chi connectivity index (χ0v) is 19.8. The number of carbonyl (C=O) groups excluding carboxylic acids is 1. The molecule has 1 amide bonds. The van der Waals surface area contributed by atoms with E-state index in [1.54, 1.807) is 18.6 Å². The molecule has 0 radical (unpaired) electrons. The highest BCUT2D eigenvalue weighted by Gasteiger charge is 2.48. The van der Waals surface area contributed by atoms with Crippen LogP contribution in [0.1, 0.15) is 18.6 Å². The molecule has 4 aromatic rings. The number of carbonyl (C=O) groups is 1.